The highest BCUT2D eigenvalue weighted by atomic mass is 16.3. The van der Waals surface area contributed by atoms with E-state index in [9.17, 15) is 9.90 Å². The molecular weight excluding hydrogens is 228 g/mol. The van der Waals surface area contributed by atoms with Crippen LogP contribution in [0.5, 0.6) is 0 Å². The average Bonchev–Trinajstić information content (AvgIpc) is 2.19. The molecule has 1 aromatic rings. The van der Waals surface area contributed by atoms with E-state index in [1.54, 1.807) is 45.9 Å². The molecule has 0 atom stereocenters. The lowest BCUT2D eigenvalue weighted by molar-refractivity contribution is -0.00294. The van der Waals surface area contributed by atoms with E-state index in [0.29, 0.717) is 11.3 Å². The monoisotopic (exact) mass is 250 g/mol. The van der Waals surface area contributed by atoms with Crippen molar-refractivity contribution in [2.24, 2.45) is 0 Å². The van der Waals surface area contributed by atoms with Crippen LogP contribution in [0.2, 0.25) is 0 Å². The van der Waals surface area contributed by atoms with E-state index >= 15 is 0 Å². The minimum absolute atomic E-state index is 0.230. The number of carbonyl (C=O) groups is 1. The van der Waals surface area contributed by atoms with Crippen LogP contribution < -0.4 is 11.1 Å². The van der Waals surface area contributed by atoms with Crippen molar-refractivity contribution >= 4 is 11.6 Å². The van der Waals surface area contributed by atoms with Gasteiger partial charge in [-0.25, -0.2) is 0 Å². The number of nitrogen functional groups attached to an aromatic ring is 1. The maximum Gasteiger partial charge on any atom is 0.252 e. The summed E-state index contributed by atoms with van der Waals surface area (Å²) in [5.74, 6) is -0.230. The van der Waals surface area contributed by atoms with Crippen LogP contribution in [0.15, 0.2) is 18.2 Å². The molecule has 4 N–H and O–H groups in total. The summed E-state index contributed by atoms with van der Waals surface area (Å²) >= 11 is 0. The number of benzene rings is 1. The summed E-state index contributed by atoms with van der Waals surface area (Å²) in [6.07, 6.45) is 0. The standard InChI is InChI=1S/C14H22N2O2/c1-9-6-7-10(15)8-11(9)12(17)16-13(2,3)14(4,5)18/h6-8,18H,15H2,1-5H3,(H,16,17). The third kappa shape index (κ3) is 3.01. The van der Waals surface area contributed by atoms with Crippen LogP contribution in [-0.2, 0) is 0 Å². The number of amides is 1. The Morgan fingerprint density at radius 1 is 1.28 bits per heavy atom. The summed E-state index contributed by atoms with van der Waals surface area (Å²) < 4.78 is 0. The van der Waals surface area contributed by atoms with Crippen molar-refractivity contribution in [1.82, 2.24) is 5.32 Å². The zero-order valence-corrected chi connectivity index (χ0v) is 11.7. The van der Waals surface area contributed by atoms with Gasteiger partial charge in [-0.15, -0.1) is 0 Å². The molecule has 100 valence electrons. The lowest BCUT2D eigenvalue weighted by Crippen LogP contribution is -2.57. The molecule has 0 saturated heterocycles. The number of hydrogen-bond acceptors (Lipinski definition) is 3. The van der Waals surface area contributed by atoms with E-state index in [1.807, 2.05) is 6.92 Å². The topological polar surface area (TPSA) is 75.4 Å². The van der Waals surface area contributed by atoms with Crippen LogP contribution in [-0.4, -0.2) is 22.2 Å². The fraction of sp³-hybridized carbons (Fsp3) is 0.500. The van der Waals surface area contributed by atoms with Crippen LogP contribution >= 0.6 is 0 Å². The van der Waals surface area contributed by atoms with Gasteiger partial charge in [-0.1, -0.05) is 6.07 Å². The Bertz CT molecular complexity index is 459. The number of anilines is 1. The molecule has 0 radical (unpaired) electrons. The highest BCUT2D eigenvalue weighted by Crippen LogP contribution is 2.22. The SMILES string of the molecule is Cc1ccc(N)cc1C(=O)NC(C)(C)C(C)(C)O. The molecular formula is C14H22N2O2. The van der Waals surface area contributed by atoms with E-state index in [-0.39, 0.29) is 5.91 Å². The van der Waals surface area contributed by atoms with E-state index in [1.165, 1.54) is 0 Å². The molecule has 4 nitrogen and oxygen atoms in total. The minimum Gasteiger partial charge on any atom is -0.399 e. The third-order valence-electron chi connectivity index (χ3n) is 3.46. The van der Waals surface area contributed by atoms with Gasteiger partial charge >= 0.3 is 0 Å². The Morgan fingerprint density at radius 3 is 2.33 bits per heavy atom. The van der Waals surface area contributed by atoms with Gasteiger partial charge in [0.1, 0.15) is 0 Å². The van der Waals surface area contributed by atoms with Gasteiger partial charge in [0.25, 0.3) is 5.91 Å². The van der Waals surface area contributed by atoms with Gasteiger partial charge in [0, 0.05) is 11.3 Å². The fourth-order valence-corrected chi connectivity index (χ4v) is 1.39. The van der Waals surface area contributed by atoms with Gasteiger partial charge in [0.15, 0.2) is 0 Å². The van der Waals surface area contributed by atoms with Gasteiger partial charge < -0.3 is 16.2 Å². The quantitative estimate of drug-likeness (QED) is 0.717. The highest BCUT2D eigenvalue weighted by Gasteiger charge is 2.36. The van der Waals surface area contributed by atoms with Crippen LogP contribution in [0, 0.1) is 6.92 Å². The summed E-state index contributed by atoms with van der Waals surface area (Å²) in [4.78, 5) is 12.2. The predicted molar refractivity (Wildman–Crippen MR) is 73.4 cm³/mol. The van der Waals surface area contributed by atoms with Crippen LogP contribution in [0.25, 0.3) is 0 Å². The van der Waals surface area contributed by atoms with Crippen molar-refractivity contribution < 1.29 is 9.90 Å². The van der Waals surface area contributed by atoms with Gasteiger partial charge in [-0.3, -0.25) is 4.79 Å². The second-order valence-corrected chi connectivity index (χ2v) is 5.71. The Hall–Kier alpha value is -1.55. The smallest absolute Gasteiger partial charge is 0.252 e. The van der Waals surface area contributed by atoms with Crippen molar-refractivity contribution in [2.45, 2.75) is 45.8 Å². The number of nitrogens with one attached hydrogen (secondary N) is 1. The van der Waals surface area contributed by atoms with Crippen LogP contribution in [0.3, 0.4) is 0 Å². The summed E-state index contributed by atoms with van der Waals surface area (Å²) in [5, 5.41) is 12.9. The maximum atomic E-state index is 12.2. The second-order valence-electron chi connectivity index (χ2n) is 5.71. The molecule has 0 saturated carbocycles. The van der Waals surface area contributed by atoms with Crippen LogP contribution in [0.4, 0.5) is 5.69 Å². The molecule has 1 rings (SSSR count). The molecule has 0 aromatic heterocycles. The molecule has 0 aliphatic rings. The van der Waals surface area contributed by atoms with E-state index in [4.69, 9.17) is 5.73 Å². The normalized spacial score (nSPS) is 12.3. The van der Waals surface area contributed by atoms with Crippen molar-refractivity contribution in [3.05, 3.63) is 29.3 Å². The van der Waals surface area contributed by atoms with Gasteiger partial charge in [-0.2, -0.15) is 0 Å². The number of hydrogen-bond donors (Lipinski definition) is 3. The molecule has 0 aliphatic carbocycles. The predicted octanol–water partition coefficient (Wildman–Crippen LogP) is 1.86. The first kappa shape index (κ1) is 14.5. The molecule has 0 spiro atoms. The highest BCUT2D eigenvalue weighted by molar-refractivity contribution is 5.97. The average molecular weight is 250 g/mol. The molecule has 18 heavy (non-hydrogen) atoms. The number of carbonyl (C=O) groups excluding carboxylic acids is 1. The van der Waals surface area contributed by atoms with Crippen molar-refractivity contribution in [1.29, 1.82) is 0 Å². The first-order valence-electron chi connectivity index (χ1n) is 5.95. The zero-order valence-electron chi connectivity index (χ0n) is 11.7. The molecule has 1 aromatic carbocycles. The lowest BCUT2D eigenvalue weighted by Gasteiger charge is -2.38. The number of aliphatic hydroxyl groups is 1. The van der Waals surface area contributed by atoms with Crippen molar-refractivity contribution in [3.8, 4) is 0 Å². The Labute approximate surface area is 108 Å². The van der Waals surface area contributed by atoms with Gasteiger partial charge in [0.05, 0.1) is 11.1 Å². The zero-order chi connectivity index (χ0) is 14.1. The molecule has 0 heterocycles. The Kier molecular flexibility index (Phi) is 3.72. The molecule has 0 aliphatic heterocycles. The molecule has 0 unspecified atom stereocenters. The van der Waals surface area contributed by atoms with E-state index < -0.39 is 11.1 Å². The molecule has 0 fully saturated rings. The first-order valence-corrected chi connectivity index (χ1v) is 5.95. The van der Waals surface area contributed by atoms with Crippen LogP contribution in [0.1, 0.15) is 43.6 Å². The van der Waals surface area contributed by atoms with E-state index in [0.717, 1.165) is 5.56 Å². The summed E-state index contributed by atoms with van der Waals surface area (Å²) in [6.45, 7) is 8.75. The summed E-state index contributed by atoms with van der Waals surface area (Å²) in [6, 6.07) is 5.21. The van der Waals surface area contributed by atoms with Gasteiger partial charge in [0.2, 0.25) is 0 Å². The second kappa shape index (κ2) is 4.61. The first-order chi connectivity index (χ1) is 8.04. The van der Waals surface area contributed by atoms with Gasteiger partial charge in [-0.05, 0) is 52.3 Å². The third-order valence-corrected chi connectivity index (χ3v) is 3.46. The molecule has 4 heteroatoms. The Balaban J connectivity index is 3.00. The van der Waals surface area contributed by atoms with E-state index in [2.05, 4.69) is 5.32 Å². The fourth-order valence-electron chi connectivity index (χ4n) is 1.39. The lowest BCUT2D eigenvalue weighted by atomic mass is 9.85. The number of rotatable bonds is 3. The minimum atomic E-state index is -1.02. The Morgan fingerprint density at radius 2 is 1.83 bits per heavy atom. The van der Waals surface area contributed by atoms with Crippen molar-refractivity contribution in [3.63, 3.8) is 0 Å². The molecule has 0 bridgehead atoms. The summed E-state index contributed by atoms with van der Waals surface area (Å²) in [7, 11) is 0. The molecule has 1 amide bonds. The maximum absolute atomic E-state index is 12.2. The summed E-state index contributed by atoms with van der Waals surface area (Å²) in [5.41, 5.74) is 5.87. The van der Waals surface area contributed by atoms with Crippen molar-refractivity contribution in [2.75, 3.05) is 5.73 Å². The number of nitrogens with two attached hydrogens (primary N) is 1. The largest absolute Gasteiger partial charge is 0.399 e. The number of aryl methyl sites for hydroxylation is 1.